The van der Waals surface area contributed by atoms with E-state index in [9.17, 15) is 38.9 Å². The van der Waals surface area contributed by atoms with E-state index in [1.165, 1.54) is 6.42 Å². The van der Waals surface area contributed by atoms with Crippen LogP contribution < -0.4 is 4.90 Å². The Morgan fingerprint density at radius 1 is 0.642 bits per heavy atom. The molecule has 0 bridgehead atoms. The molecule has 4 atom stereocenters. The minimum atomic E-state index is -4.48. The maximum Gasteiger partial charge on any atom is 0.266 e. The van der Waals surface area contributed by atoms with Gasteiger partial charge in [-0.15, -0.1) is 0 Å². The summed E-state index contributed by atoms with van der Waals surface area (Å²) in [6.07, 6.45) is 13.1. The second-order valence-electron chi connectivity index (χ2n) is 15.4. The number of anilines is 2. The molecule has 2 aromatic carbocycles. The van der Waals surface area contributed by atoms with E-state index >= 15 is 0 Å². The summed E-state index contributed by atoms with van der Waals surface area (Å²) in [6, 6.07) is 15.6. The van der Waals surface area contributed by atoms with E-state index in [-0.39, 0.29) is 42.4 Å². The van der Waals surface area contributed by atoms with Crippen molar-refractivity contribution < 1.29 is 38.9 Å². The lowest BCUT2D eigenvalue weighted by Gasteiger charge is -2.45. The van der Waals surface area contributed by atoms with Gasteiger partial charge in [0.2, 0.25) is 0 Å². The third-order valence-electron chi connectivity index (χ3n) is 11.7. The van der Waals surface area contributed by atoms with Crippen molar-refractivity contribution in [1.82, 2.24) is 9.80 Å². The largest absolute Gasteiger partial charge is 0.340 e. The zero-order chi connectivity index (χ0) is 38.2. The zero-order valence-electron chi connectivity index (χ0n) is 31.0. The molecular formula is C38H59N3O9S3. The van der Waals surface area contributed by atoms with Gasteiger partial charge in [-0.25, -0.2) is 0 Å². The molecule has 3 N–H and O–H groups in total. The van der Waals surface area contributed by atoms with E-state index in [1.54, 1.807) is 11.0 Å². The molecule has 53 heavy (non-hydrogen) atoms. The van der Waals surface area contributed by atoms with Gasteiger partial charge in [0.25, 0.3) is 30.4 Å². The van der Waals surface area contributed by atoms with Crippen molar-refractivity contribution in [2.45, 2.75) is 127 Å². The van der Waals surface area contributed by atoms with Crippen LogP contribution in [0, 0.1) is 5.92 Å². The number of benzene rings is 2. The Bertz CT molecular complexity index is 1780. The topological polar surface area (TPSA) is 173 Å². The molecule has 5 rings (SSSR count). The fourth-order valence-corrected chi connectivity index (χ4v) is 11.6. The van der Waals surface area contributed by atoms with Gasteiger partial charge >= 0.3 is 0 Å². The van der Waals surface area contributed by atoms with Crippen molar-refractivity contribution in [2.24, 2.45) is 5.92 Å². The molecule has 4 unspecified atom stereocenters. The molecule has 298 valence electrons. The van der Waals surface area contributed by atoms with E-state index in [1.807, 2.05) is 48.5 Å². The lowest BCUT2D eigenvalue weighted by Crippen LogP contribution is -2.51. The summed E-state index contributed by atoms with van der Waals surface area (Å²) in [7, 11) is -13.0. The van der Waals surface area contributed by atoms with E-state index in [0.29, 0.717) is 23.4 Å². The molecule has 0 heterocycles. The Morgan fingerprint density at radius 3 is 1.83 bits per heavy atom. The fraction of sp³-hybridized carbons (Fsp3) is 0.684. The number of para-hydroxylation sites is 1. The Morgan fingerprint density at radius 2 is 1.25 bits per heavy atom. The molecule has 0 amide bonds. The molecule has 3 fully saturated rings. The lowest BCUT2D eigenvalue weighted by atomic mass is 9.88. The zero-order valence-corrected chi connectivity index (χ0v) is 33.4. The van der Waals surface area contributed by atoms with Crippen molar-refractivity contribution in [3.8, 4) is 0 Å². The summed E-state index contributed by atoms with van der Waals surface area (Å²) >= 11 is 0. The van der Waals surface area contributed by atoms with Crippen LogP contribution in [0.4, 0.5) is 11.4 Å². The van der Waals surface area contributed by atoms with Crippen LogP contribution in [0.25, 0.3) is 0 Å². The summed E-state index contributed by atoms with van der Waals surface area (Å²) in [6.45, 7) is 2.79. The van der Waals surface area contributed by atoms with Crippen LogP contribution in [0.5, 0.6) is 0 Å². The number of rotatable bonds is 18. The van der Waals surface area contributed by atoms with Gasteiger partial charge in [0.1, 0.15) is 0 Å². The standard InChI is InChI=1S/C38H59N3O9S3/c1-2-23-40(33-16-8-4-9-17-33)37(28-52(45,46)47)31-21-22-36(27-31)41(34-18-10-5-11-19-34)38(29-53(48,49)50)30-13-12-20-35(26-30)39(24-25-51(42,43)44)32-14-6-3-7-15-32/h3,6-7,12-15,20,26,31,33-34,36-38H,2,4-5,8-11,16-19,21-25,27-29H2,1H3,(H,42,43,44)(H,45,46,47)(H,48,49,50). The predicted molar refractivity (Wildman–Crippen MR) is 209 cm³/mol. The molecule has 3 aliphatic carbocycles. The van der Waals surface area contributed by atoms with Crippen LogP contribution in [0.15, 0.2) is 54.6 Å². The highest BCUT2D eigenvalue weighted by Crippen LogP contribution is 2.43. The van der Waals surface area contributed by atoms with Gasteiger partial charge in [-0.3, -0.25) is 23.5 Å². The van der Waals surface area contributed by atoms with Gasteiger partial charge < -0.3 is 4.90 Å². The summed E-state index contributed by atoms with van der Waals surface area (Å²) < 4.78 is 105. The van der Waals surface area contributed by atoms with Crippen LogP contribution in [0.2, 0.25) is 0 Å². The molecule has 3 saturated carbocycles. The van der Waals surface area contributed by atoms with Crippen LogP contribution in [0.3, 0.4) is 0 Å². The van der Waals surface area contributed by atoms with Crippen LogP contribution >= 0.6 is 0 Å². The van der Waals surface area contributed by atoms with E-state index in [0.717, 1.165) is 83.6 Å². The van der Waals surface area contributed by atoms with Crippen molar-refractivity contribution in [3.05, 3.63) is 60.2 Å². The Kier molecular flexibility index (Phi) is 14.8. The van der Waals surface area contributed by atoms with Crippen molar-refractivity contribution >= 4 is 41.7 Å². The average molecular weight is 798 g/mol. The van der Waals surface area contributed by atoms with Crippen molar-refractivity contribution in [2.75, 3.05) is 35.2 Å². The first-order valence-electron chi connectivity index (χ1n) is 19.4. The lowest BCUT2D eigenvalue weighted by molar-refractivity contribution is 0.0521. The maximum absolute atomic E-state index is 12.9. The third kappa shape index (κ3) is 12.4. The van der Waals surface area contributed by atoms with Gasteiger partial charge in [0.15, 0.2) is 0 Å². The molecule has 2 aromatic rings. The van der Waals surface area contributed by atoms with Gasteiger partial charge in [0.05, 0.1) is 23.3 Å². The summed E-state index contributed by atoms with van der Waals surface area (Å²) in [4.78, 5) is 6.42. The first kappa shape index (κ1) is 42.0. The first-order chi connectivity index (χ1) is 25.1. The van der Waals surface area contributed by atoms with E-state index in [4.69, 9.17) is 0 Å². The summed E-state index contributed by atoms with van der Waals surface area (Å²) in [5.41, 5.74) is 1.97. The van der Waals surface area contributed by atoms with Crippen molar-refractivity contribution in [1.29, 1.82) is 0 Å². The molecule has 3 aliphatic rings. The molecule has 0 aromatic heterocycles. The number of nitrogens with zero attached hydrogens (tertiary/aromatic N) is 3. The highest BCUT2D eigenvalue weighted by Gasteiger charge is 2.44. The van der Waals surface area contributed by atoms with Gasteiger partial charge in [-0.1, -0.05) is 75.8 Å². The highest BCUT2D eigenvalue weighted by molar-refractivity contribution is 7.86. The molecule has 12 nitrogen and oxygen atoms in total. The second-order valence-corrected chi connectivity index (χ2v) is 20.0. The van der Waals surface area contributed by atoms with Gasteiger partial charge in [-0.05, 0) is 93.7 Å². The minimum absolute atomic E-state index is 0.0341. The Labute approximate surface area is 317 Å². The predicted octanol–water partition coefficient (Wildman–Crippen LogP) is 6.75. The average Bonchev–Trinajstić information content (AvgIpc) is 3.59. The molecule has 15 heteroatoms. The molecule has 0 spiro atoms. The normalized spacial score (nSPS) is 22.3. The summed E-state index contributed by atoms with van der Waals surface area (Å²) in [5.74, 6) is -1.42. The molecule has 0 aliphatic heterocycles. The van der Waals surface area contributed by atoms with E-state index in [2.05, 4.69) is 16.7 Å². The van der Waals surface area contributed by atoms with Gasteiger partial charge in [0, 0.05) is 42.1 Å². The van der Waals surface area contributed by atoms with Crippen LogP contribution in [-0.2, 0) is 30.4 Å². The Hall–Kier alpha value is -2.11. The fourth-order valence-electron chi connectivity index (χ4n) is 9.48. The highest BCUT2D eigenvalue weighted by atomic mass is 32.2. The molecule has 0 saturated heterocycles. The third-order valence-corrected chi connectivity index (χ3v) is 13.9. The first-order valence-corrected chi connectivity index (χ1v) is 24.3. The number of hydrogen-bond donors (Lipinski definition) is 3. The second kappa shape index (κ2) is 18.7. The monoisotopic (exact) mass is 797 g/mol. The van der Waals surface area contributed by atoms with Crippen LogP contribution in [-0.4, -0.2) is 103 Å². The SMILES string of the molecule is CCCN(C1CCCCC1)C(CS(=O)(=O)O)C1CCC(N(C2CCCCC2)C(CS(=O)(=O)O)c2cccc(N(CCS(=O)(=O)O)c3ccccc3)c2)C1. The maximum atomic E-state index is 12.9. The summed E-state index contributed by atoms with van der Waals surface area (Å²) in [5, 5.41) is 0. The quantitative estimate of drug-likeness (QED) is 0.136. The van der Waals surface area contributed by atoms with E-state index < -0.39 is 47.9 Å². The molecule has 0 radical (unpaired) electrons. The smallest absolute Gasteiger partial charge is 0.266 e. The molecular weight excluding hydrogens is 739 g/mol. The Balaban J connectivity index is 1.53. The van der Waals surface area contributed by atoms with Crippen molar-refractivity contribution in [3.63, 3.8) is 0 Å². The van der Waals surface area contributed by atoms with Crippen LogP contribution in [0.1, 0.15) is 108 Å². The van der Waals surface area contributed by atoms with Gasteiger partial charge in [-0.2, -0.15) is 25.3 Å². The number of hydrogen-bond acceptors (Lipinski definition) is 9. The minimum Gasteiger partial charge on any atom is -0.340 e.